The molecule has 1 fully saturated rings. The third-order valence-electron chi connectivity index (χ3n) is 4.70. The number of carbonyl (C=O) groups is 1. The molecule has 2 unspecified atom stereocenters. The normalized spacial score (nSPS) is 19.3. The minimum Gasteiger partial charge on any atom is -0.481 e. The summed E-state index contributed by atoms with van der Waals surface area (Å²) in [5.41, 5.74) is 0.803. The molecule has 0 amide bonds. The molecule has 3 nitrogen and oxygen atoms in total. The summed E-state index contributed by atoms with van der Waals surface area (Å²) in [6.45, 7) is 0.827. The van der Waals surface area contributed by atoms with Crippen LogP contribution >= 0.6 is 23.2 Å². The highest BCUT2D eigenvalue weighted by molar-refractivity contribution is 6.42. The van der Waals surface area contributed by atoms with Gasteiger partial charge in [-0.2, -0.15) is 0 Å². The van der Waals surface area contributed by atoms with E-state index in [1.807, 2.05) is 4.90 Å². The zero-order valence-corrected chi connectivity index (χ0v) is 15.3. The molecule has 1 aliphatic heterocycles. The van der Waals surface area contributed by atoms with E-state index >= 15 is 0 Å². The fraction of sp³-hybridized carbons (Fsp3) is 0.316. The third-order valence-corrected chi connectivity index (χ3v) is 5.53. The van der Waals surface area contributed by atoms with E-state index in [9.17, 15) is 18.7 Å². The quantitative estimate of drug-likeness (QED) is 0.771. The van der Waals surface area contributed by atoms with Crippen molar-refractivity contribution >= 4 is 29.2 Å². The Hall–Kier alpha value is -1.69. The Morgan fingerprint density at radius 1 is 1.19 bits per heavy atom. The molecule has 138 valence electrons. The molecule has 1 saturated heterocycles. The fourth-order valence-corrected chi connectivity index (χ4v) is 3.87. The Morgan fingerprint density at radius 3 is 2.65 bits per heavy atom. The highest BCUT2D eigenvalue weighted by Crippen LogP contribution is 2.39. The second kappa shape index (κ2) is 7.91. The monoisotopic (exact) mass is 399 g/mol. The van der Waals surface area contributed by atoms with Gasteiger partial charge in [-0.15, -0.1) is 0 Å². The number of benzene rings is 2. The van der Waals surface area contributed by atoms with Crippen LogP contribution in [0.2, 0.25) is 10.0 Å². The Balaban J connectivity index is 2.10. The molecular weight excluding hydrogens is 383 g/mol. The van der Waals surface area contributed by atoms with Gasteiger partial charge in [-0.3, -0.25) is 9.69 Å². The van der Waals surface area contributed by atoms with Crippen LogP contribution in [0.4, 0.5) is 8.78 Å². The Labute approximate surface area is 160 Å². The van der Waals surface area contributed by atoms with Crippen molar-refractivity contribution in [2.24, 2.45) is 5.92 Å². The minimum atomic E-state index is -0.884. The molecule has 0 bridgehead atoms. The van der Waals surface area contributed by atoms with Crippen LogP contribution in [0.25, 0.3) is 0 Å². The number of nitrogens with zero attached hydrogens (tertiary/aromatic N) is 1. The largest absolute Gasteiger partial charge is 0.481 e. The first-order chi connectivity index (χ1) is 12.4. The van der Waals surface area contributed by atoms with E-state index in [2.05, 4.69) is 0 Å². The fourth-order valence-electron chi connectivity index (χ4n) is 3.46. The lowest BCUT2D eigenvalue weighted by Gasteiger charge is -2.38. The molecular formula is C19H17Cl2F2NO2. The number of carboxylic acid groups (broad SMARTS) is 1. The van der Waals surface area contributed by atoms with Gasteiger partial charge in [0.2, 0.25) is 0 Å². The summed E-state index contributed by atoms with van der Waals surface area (Å²) >= 11 is 12.5. The van der Waals surface area contributed by atoms with Crippen LogP contribution in [0, 0.1) is 17.6 Å². The molecule has 26 heavy (non-hydrogen) atoms. The maximum atomic E-state index is 14.6. The average molecular weight is 400 g/mol. The minimum absolute atomic E-state index is 0.238. The van der Waals surface area contributed by atoms with Crippen molar-refractivity contribution in [3.8, 4) is 0 Å². The summed E-state index contributed by atoms with van der Waals surface area (Å²) in [5.74, 6) is -2.81. The van der Waals surface area contributed by atoms with Crippen LogP contribution < -0.4 is 0 Å². The van der Waals surface area contributed by atoms with E-state index in [1.165, 1.54) is 12.1 Å². The summed E-state index contributed by atoms with van der Waals surface area (Å²) in [7, 11) is 0. The van der Waals surface area contributed by atoms with Gasteiger partial charge in [-0.05, 0) is 37.1 Å². The second-order valence-corrected chi connectivity index (χ2v) is 7.17. The molecule has 2 aromatic carbocycles. The highest BCUT2D eigenvalue weighted by atomic mass is 35.5. The maximum Gasteiger partial charge on any atom is 0.307 e. The van der Waals surface area contributed by atoms with E-state index in [1.54, 1.807) is 18.2 Å². The summed E-state index contributed by atoms with van der Waals surface area (Å²) in [6, 6.07) is 7.78. The van der Waals surface area contributed by atoms with Crippen molar-refractivity contribution in [2.75, 3.05) is 13.1 Å². The van der Waals surface area contributed by atoms with Crippen LogP contribution in [-0.4, -0.2) is 29.1 Å². The molecule has 1 heterocycles. The van der Waals surface area contributed by atoms with Crippen LogP contribution in [-0.2, 0) is 4.79 Å². The predicted molar refractivity (Wildman–Crippen MR) is 96.6 cm³/mol. The molecule has 7 heteroatoms. The van der Waals surface area contributed by atoms with Crippen molar-refractivity contribution in [3.05, 3.63) is 69.2 Å². The topological polar surface area (TPSA) is 40.5 Å². The number of piperidine rings is 1. The number of likely N-dealkylation sites (tertiary alicyclic amines) is 1. The molecule has 0 aromatic heterocycles. The van der Waals surface area contributed by atoms with E-state index in [0.717, 1.165) is 6.07 Å². The van der Waals surface area contributed by atoms with Crippen molar-refractivity contribution in [1.29, 1.82) is 0 Å². The number of rotatable bonds is 4. The van der Waals surface area contributed by atoms with Gasteiger partial charge in [0.05, 0.1) is 22.0 Å². The van der Waals surface area contributed by atoms with Crippen molar-refractivity contribution < 1.29 is 18.7 Å². The number of hydrogen-bond acceptors (Lipinski definition) is 2. The van der Waals surface area contributed by atoms with Crippen molar-refractivity contribution in [2.45, 2.75) is 18.9 Å². The van der Waals surface area contributed by atoms with Gasteiger partial charge in [0.1, 0.15) is 11.6 Å². The van der Waals surface area contributed by atoms with Crippen LogP contribution in [0.5, 0.6) is 0 Å². The lowest BCUT2D eigenvalue weighted by atomic mass is 9.91. The lowest BCUT2D eigenvalue weighted by Crippen LogP contribution is -2.41. The zero-order valence-electron chi connectivity index (χ0n) is 13.8. The lowest BCUT2D eigenvalue weighted by molar-refractivity contribution is -0.143. The summed E-state index contributed by atoms with van der Waals surface area (Å²) in [4.78, 5) is 13.3. The number of carboxylic acids is 1. The first-order valence-electron chi connectivity index (χ1n) is 8.24. The zero-order chi connectivity index (χ0) is 18.8. The van der Waals surface area contributed by atoms with E-state index in [0.29, 0.717) is 30.0 Å². The Morgan fingerprint density at radius 2 is 1.96 bits per heavy atom. The van der Waals surface area contributed by atoms with Crippen LogP contribution in [0.15, 0.2) is 36.4 Å². The van der Waals surface area contributed by atoms with Gasteiger partial charge < -0.3 is 5.11 Å². The first-order valence-corrected chi connectivity index (χ1v) is 8.99. The summed E-state index contributed by atoms with van der Waals surface area (Å²) < 4.78 is 28.0. The van der Waals surface area contributed by atoms with Crippen LogP contribution in [0.1, 0.15) is 30.0 Å². The first kappa shape index (κ1) is 19.1. The average Bonchev–Trinajstić information content (AvgIpc) is 2.61. The SMILES string of the molecule is O=C(O)C1CCCN(C(c2ccc(F)cc2F)c2cccc(Cl)c2Cl)C1. The number of hydrogen-bond donors (Lipinski definition) is 1. The molecule has 0 spiro atoms. The molecule has 0 radical (unpaired) electrons. The Bertz CT molecular complexity index is 831. The summed E-state index contributed by atoms with van der Waals surface area (Å²) in [5, 5.41) is 9.97. The molecule has 0 aliphatic carbocycles. The van der Waals surface area contributed by atoms with Crippen molar-refractivity contribution in [3.63, 3.8) is 0 Å². The van der Waals surface area contributed by atoms with Gasteiger partial charge in [0, 0.05) is 18.2 Å². The number of aliphatic carboxylic acids is 1. The van der Waals surface area contributed by atoms with Gasteiger partial charge in [-0.1, -0.05) is 41.4 Å². The predicted octanol–water partition coefficient (Wildman–Crippen LogP) is 5.16. The van der Waals surface area contributed by atoms with E-state index in [-0.39, 0.29) is 17.1 Å². The Kier molecular flexibility index (Phi) is 5.80. The molecule has 1 aliphatic rings. The molecule has 2 atom stereocenters. The maximum absolute atomic E-state index is 14.6. The number of halogens is 4. The third kappa shape index (κ3) is 3.85. The van der Waals surface area contributed by atoms with Gasteiger partial charge in [0.25, 0.3) is 0 Å². The molecule has 2 aromatic rings. The molecule has 1 N–H and O–H groups in total. The second-order valence-electron chi connectivity index (χ2n) is 6.38. The van der Waals surface area contributed by atoms with E-state index in [4.69, 9.17) is 23.2 Å². The standard InChI is InChI=1S/C19H17Cl2F2NO2/c20-15-5-1-4-14(17(15)21)18(13-7-6-12(22)9-16(13)23)24-8-2-3-11(10-24)19(25)26/h1,4-7,9,11,18H,2-3,8,10H2,(H,25,26). The van der Waals surface area contributed by atoms with Gasteiger partial charge in [0.15, 0.2) is 0 Å². The summed E-state index contributed by atoms with van der Waals surface area (Å²) in [6.07, 6.45) is 1.22. The van der Waals surface area contributed by atoms with Gasteiger partial charge in [-0.25, -0.2) is 8.78 Å². The van der Waals surface area contributed by atoms with Gasteiger partial charge >= 0.3 is 5.97 Å². The van der Waals surface area contributed by atoms with Crippen LogP contribution in [0.3, 0.4) is 0 Å². The highest BCUT2D eigenvalue weighted by Gasteiger charge is 2.33. The molecule has 0 saturated carbocycles. The van der Waals surface area contributed by atoms with Crippen molar-refractivity contribution in [1.82, 2.24) is 4.90 Å². The molecule has 3 rings (SSSR count). The van der Waals surface area contributed by atoms with E-state index < -0.39 is 29.6 Å². The smallest absolute Gasteiger partial charge is 0.307 e.